The third-order valence-electron chi connectivity index (χ3n) is 8.28. The molecule has 0 radical (unpaired) electrons. The molecule has 4 aromatic carbocycles. The summed E-state index contributed by atoms with van der Waals surface area (Å²) in [5.74, 6) is 0.889. The summed E-state index contributed by atoms with van der Waals surface area (Å²) in [6.45, 7) is 0. The molecule has 0 saturated carbocycles. The van der Waals surface area contributed by atoms with E-state index in [-0.39, 0.29) is 0 Å². The summed E-state index contributed by atoms with van der Waals surface area (Å²) < 4.78 is 2.20. The lowest BCUT2D eigenvalue weighted by Crippen LogP contribution is -2.28. The van der Waals surface area contributed by atoms with Crippen molar-refractivity contribution in [2.75, 3.05) is 0 Å². The van der Waals surface area contributed by atoms with E-state index < -0.39 is 5.41 Å². The second-order valence-electron chi connectivity index (χ2n) is 10.3. The van der Waals surface area contributed by atoms with Gasteiger partial charge in [0, 0.05) is 35.7 Å². The molecule has 3 heterocycles. The molecule has 0 atom stereocenters. The van der Waals surface area contributed by atoms with Gasteiger partial charge in [0.05, 0.1) is 10.9 Å². The first-order valence-corrected chi connectivity index (χ1v) is 13.6. The minimum Gasteiger partial charge on any atom is -0.301 e. The highest BCUT2D eigenvalue weighted by Gasteiger charge is 2.46. The van der Waals surface area contributed by atoms with Crippen LogP contribution >= 0.6 is 0 Å². The van der Waals surface area contributed by atoms with E-state index in [0.717, 1.165) is 22.5 Å². The first-order chi connectivity index (χ1) is 19.9. The third kappa shape index (κ3) is 3.18. The predicted octanol–water partition coefficient (Wildman–Crippen LogP) is 8.45. The van der Waals surface area contributed by atoms with Gasteiger partial charge in [0.15, 0.2) is 0 Å². The molecule has 0 spiro atoms. The van der Waals surface area contributed by atoms with Gasteiger partial charge in [0.2, 0.25) is 0 Å². The molecule has 188 valence electrons. The van der Waals surface area contributed by atoms with Crippen molar-refractivity contribution < 1.29 is 0 Å². The number of benzene rings is 4. The Kier molecular flexibility index (Phi) is 5.04. The van der Waals surface area contributed by atoms with Crippen LogP contribution in [-0.4, -0.2) is 14.5 Å². The molecule has 3 aromatic heterocycles. The summed E-state index contributed by atoms with van der Waals surface area (Å²) in [6.07, 6.45) is 7.72. The van der Waals surface area contributed by atoms with Crippen LogP contribution in [0.2, 0.25) is 0 Å². The molecular weight excluding hydrogens is 486 g/mol. The van der Waals surface area contributed by atoms with Gasteiger partial charge in [-0.15, -0.1) is 0 Å². The highest BCUT2D eigenvalue weighted by atomic mass is 15.0. The molecule has 8 rings (SSSR count). The Morgan fingerprint density at radius 2 is 1.32 bits per heavy atom. The van der Waals surface area contributed by atoms with Crippen LogP contribution in [0.25, 0.3) is 39.0 Å². The second-order valence-corrected chi connectivity index (χ2v) is 10.3. The minimum absolute atomic E-state index is 0.400. The minimum atomic E-state index is -0.400. The van der Waals surface area contributed by atoms with Crippen LogP contribution in [-0.2, 0) is 5.41 Å². The van der Waals surface area contributed by atoms with Crippen LogP contribution in [0, 0.1) is 0 Å². The Bertz CT molecular complexity index is 1950. The zero-order valence-corrected chi connectivity index (χ0v) is 21.8. The van der Waals surface area contributed by atoms with E-state index in [4.69, 9.17) is 4.98 Å². The van der Waals surface area contributed by atoms with Crippen molar-refractivity contribution in [1.82, 2.24) is 14.5 Å². The maximum atomic E-state index is 4.76. The fraction of sp³-hybridized carbons (Fsp3) is 0.0270. The Labute approximate surface area is 233 Å². The number of aromatic nitrogens is 3. The molecule has 1 aliphatic rings. The van der Waals surface area contributed by atoms with Crippen LogP contribution in [0.3, 0.4) is 0 Å². The van der Waals surface area contributed by atoms with E-state index in [0.29, 0.717) is 0 Å². The molecule has 0 saturated heterocycles. The van der Waals surface area contributed by atoms with Gasteiger partial charge in [-0.3, -0.25) is 4.98 Å². The molecule has 0 bridgehead atoms. The second kappa shape index (κ2) is 8.89. The van der Waals surface area contributed by atoms with Crippen molar-refractivity contribution in [3.63, 3.8) is 0 Å². The summed E-state index contributed by atoms with van der Waals surface area (Å²) in [4.78, 5) is 9.06. The van der Waals surface area contributed by atoms with E-state index in [1.54, 1.807) is 6.20 Å². The number of hydrogen-bond acceptors (Lipinski definition) is 2. The maximum absolute atomic E-state index is 4.76. The Morgan fingerprint density at radius 1 is 0.575 bits per heavy atom. The number of nitrogens with zero attached hydrogens (tertiary/aromatic N) is 3. The highest BCUT2D eigenvalue weighted by Crippen LogP contribution is 2.57. The predicted molar refractivity (Wildman–Crippen MR) is 162 cm³/mol. The third-order valence-corrected chi connectivity index (χ3v) is 8.28. The highest BCUT2D eigenvalue weighted by molar-refractivity contribution is 6.03. The van der Waals surface area contributed by atoms with Gasteiger partial charge in [-0.1, -0.05) is 97.1 Å². The molecule has 3 heteroatoms. The van der Waals surface area contributed by atoms with E-state index >= 15 is 0 Å². The largest absolute Gasteiger partial charge is 0.301 e. The van der Waals surface area contributed by atoms with E-state index in [9.17, 15) is 0 Å². The van der Waals surface area contributed by atoms with Gasteiger partial charge in [0.1, 0.15) is 5.82 Å². The van der Waals surface area contributed by atoms with Crippen molar-refractivity contribution in [2.45, 2.75) is 5.41 Å². The molecule has 0 amide bonds. The maximum Gasteiger partial charge on any atom is 0.137 e. The molecule has 1 aliphatic carbocycles. The van der Waals surface area contributed by atoms with E-state index in [1.807, 2.05) is 24.5 Å². The summed E-state index contributed by atoms with van der Waals surface area (Å²) in [5, 5.41) is 1.23. The van der Waals surface area contributed by atoms with Crippen molar-refractivity contribution >= 4 is 10.9 Å². The lowest BCUT2D eigenvalue weighted by Gasteiger charge is -2.33. The molecule has 0 unspecified atom stereocenters. The molecular formula is C37H25N3. The van der Waals surface area contributed by atoms with Crippen molar-refractivity contribution in [1.29, 1.82) is 0 Å². The van der Waals surface area contributed by atoms with E-state index in [1.165, 1.54) is 38.8 Å². The SMILES string of the molecule is c1ccc(C2(c3ccccc3)c3ccccc3-c3c2ccc2c3ccn2-c2cc(-c3cccnc3)ccn2)cc1. The Morgan fingerprint density at radius 3 is 2.08 bits per heavy atom. The van der Waals surface area contributed by atoms with Gasteiger partial charge in [-0.25, -0.2) is 4.98 Å². The van der Waals surface area contributed by atoms with Crippen molar-refractivity contribution in [2.24, 2.45) is 0 Å². The molecule has 7 aromatic rings. The zero-order valence-electron chi connectivity index (χ0n) is 21.8. The molecule has 0 N–H and O–H groups in total. The summed E-state index contributed by atoms with van der Waals surface area (Å²) in [7, 11) is 0. The van der Waals surface area contributed by atoms with Gasteiger partial charge in [0.25, 0.3) is 0 Å². The van der Waals surface area contributed by atoms with Gasteiger partial charge in [-0.05, 0) is 69.3 Å². The fourth-order valence-electron chi connectivity index (χ4n) is 6.62. The van der Waals surface area contributed by atoms with Crippen LogP contribution < -0.4 is 0 Å². The standard InChI is InChI=1S/C37H25N3/c1-3-11-28(12-4-1)37(29-13-5-2-6-14-29)32-16-8-7-15-30(32)36-31-20-23-40(34(31)18-17-33(36)37)35-24-26(19-22-39-35)27-10-9-21-38-25-27/h1-25H. The number of pyridine rings is 2. The molecule has 0 fully saturated rings. The van der Waals surface area contributed by atoms with Gasteiger partial charge >= 0.3 is 0 Å². The lowest BCUT2D eigenvalue weighted by atomic mass is 9.67. The van der Waals surface area contributed by atoms with Gasteiger partial charge < -0.3 is 4.57 Å². The van der Waals surface area contributed by atoms with Gasteiger partial charge in [-0.2, -0.15) is 0 Å². The monoisotopic (exact) mass is 511 g/mol. The molecule has 3 nitrogen and oxygen atoms in total. The lowest BCUT2D eigenvalue weighted by molar-refractivity contribution is 0.769. The van der Waals surface area contributed by atoms with Crippen molar-refractivity contribution in [3.05, 3.63) is 174 Å². The Balaban J connectivity index is 1.40. The summed E-state index contributed by atoms with van der Waals surface area (Å²) in [6, 6.07) is 45.8. The van der Waals surface area contributed by atoms with Crippen molar-refractivity contribution in [3.8, 4) is 28.1 Å². The zero-order chi connectivity index (χ0) is 26.5. The first kappa shape index (κ1) is 22.7. The smallest absolute Gasteiger partial charge is 0.137 e. The summed E-state index contributed by atoms with van der Waals surface area (Å²) >= 11 is 0. The quantitative estimate of drug-likeness (QED) is 0.237. The van der Waals surface area contributed by atoms with Crippen LogP contribution in [0.1, 0.15) is 22.3 Å². The average Bonchev–Trinajstić information content (AvgIpc) is 3.60. The number of fused-ring (bicyclic) bond motifs is 5. The summed E-state index contributed by atoms with van der Waals surface area (Å²) in [5.41, 5.74) is 10.7. The average molecular weight is 512 g/mol. The fourth-order valence-corrected chi connectivity index (χ4v) is 6.62. The van der Waals surface area contributed by atoms with Crippen LogP contribution in [0.5, 0.6) is 0 Å². The van der Waals surface area contributed by atoms with Crippen LogP contribution in [0.15, 0.2) is 152 Å². The topological polar surface area (TPSA) is 30.7 Å². The van der Waals surface area contributed by atoms with E-state index in [2.05, 4.69) is 131 Å². The Hall–Kier alpha value is -5.28. The normalized spacial score (nSPS) is 13.2. The number of hydrogen-bond donors (Lipinski definition) is 0. The molecule has 0 aliphatic heterocycles. The first-order valence-electron chi connectivity index (χ1n) is 13.6. The number of rotatable bonds is 4. The van der Waals surface area contributed by atoms with Crippen LogP contribution in [0.4, 0.5) is 0 Å². The molecule has 40 heavy (non-hydrogen) atoms.